The van der Waals surface area contributed by atoms with Crippen molar-refractivity contribution in [2.45, 2.75) is 45.6 Å². The van der Waals surface area contributed by atoms with E-state index in [4.69, 9.17) is 9.47 Å². The second-order valence-corrected chi connectivity index (χ2v) is 7.21. The van der Waals surface area contributed by atoms with Gasteiger partial charge >= 0.3 is 5.97 Å². The molecule has 5 nitrogen and oxygen atoms in total. The molecular weight excluding hydrogens is 302 g/mol. The summed E-state index contributed by atoms with van der Waals surface area (Å²) in [5.74, 6) is -0.253. The zero-order valence-corrected chi connectivity index (χ0v) is 13.8. The van der Waals surface area contributed by atoms with E-state index in [2.05, 4.69) is 5.32 Å². The highest BCUT2D eigenvalue weighted by atomic mass is 32.1. The van der Waals surface area contributed by atoms with Crippen molar-refractivity contribution in [2.24, 2.45) is 5.92 Å². The number of ether oxygens (including phenoxy) is 2. The Labute approximate surface area is 134 Å². The van der Waals surface area contributed by atoms with Gasteiger partial charge in [-0.1, -0.05) is 0 Å². The lowest BCUT2D eigenvalue weighted by atomic mass is 10.1. The highest BCUT2D eigenvalue weighted by Crippen LogP contribution is 2.36. The maximum Gasteiger partial charge on any atom is 0.341 e. The molecule has 22 heavy (non-hydrogen) atoms. The number of aryl methyl sites for hydroxylation is 1. The van der Waals surface area contributed by atoms with E-state index in [1.807, 2.05) is 13.8 Å². The number of carbonyl (C=O) groups is 2. The molecule has 1 atom stereocenters. The molecule has 2 heterocycles. The number of amides is 1. The van der Waals surface area contributed by atoms with E-state index in [1.165, 1.54) is 11.3 Å². The van der Waals surface area contributed by atoms with Crippen LogP contribution in [0.2, 0.25) is 0 Å². The molecule has 0 spiro atoms. The van der Waals surface area contributed by atoms with Gasteiger partial charge in [0.15, 0.2) is 0 Å². The molecule has 120 valence electrons. The Morgan fingerprint density at radius 2 is 2.09 bits per heavy atom. The van der Waals surface area contributed by atoms with Crippen LogP contribution in [0.25, 0.3) is 0 Å². The third-order valence-corrected chi connectivity index (χ3v) is 5.32. The van der Waals surface area contributed by atoms with Gasteiger partial charge in [0.1, 0.15) is 11.6 Å². The van der Waals surface area contributed by atoms with Crippen LogP contribution in [0.15, 0.2) is 0 Å². The Morgan fingerprint density at radius 1 is 1.32 bits per heavy atom. The van der Waals surface area contributed by atoms with Gasteiger partial charge in [-0.3, -0.25) is 4.79 Å². The third kappa shape index (κ3) is 3.33. The van der Waals surface area contributed by atoms with Crippen LogP contribution in [0.5, 0.6) is 0 Å². The molecule has 1 amide bonds. The SMILES string of the molecule is Cc1sc(NC(=O)C2CC2)c(C(=O)OC[C@@H]2CCCO2)c1C. The Morgan fingerprint density at radius 3 is 2.73 bits per heavy atom. The molecule has 0 radical (unpaired) electrons. The smallest absolute Gasteiger partial charge is 0.341 e. The van der Waals surface area contributed by atoms with Crippen LogP contribution >= 0.6 is 11.3 Å². The minimum Gasteiger partial charge on any atom is -0.459 e. The zero-order chi connectivity index (χ0) is 15.7. The second kappa shape index (κ2) is 6.38. The predicted molar refractivity (Wildman–Crippen MR) is 84.4 cm³/mol. The van der Waals surface area contributed by atoms with Gasteiger partial charge in [0.25, 0.3) is 0 Å². The van der Waals surface area contributed by atoms with E-state index in [-0.39, 0.29) is 30.5 Å². The van der Waals surface area contributed by atoms with Crippen molar-refractivity contribution in [3.05, 3.63) is 16.0 Å². The molecule has 0 bridgehead atoms. The molecule has 1 aliphatic carbocycles. The van der Waals surface area contributed by atoms with Crippen LogP contribution in [0.4, 0.5) is 5.00 Å². The number of esters is 1. The lowest BCUT2D eigenvalue weighted by Crippen LogP contribution is -2.20. The highest BCUT2D eigenvalue weighted by Gasteiger charge is 2.32. The van der Waals surface area contributed by atoms with E-state index < -0.39 is 0 Å². The van der Waals surface area contributed by atoms with Gasteiger partial charge in [-0.25, -0.2) is 4.79 Å². The molecule has 1 aromatic rings. The van der Waals surface area contributed by atoms with Crippen molar-refractivity contribution >= 4 is 28.2 Å². The molecule has 2 fully saturated rings. The van der Waals surface area contributed by atoms with Crippen LogP contribution in [-0.2, 0) is 14.3 Å². The minimum absolute atomic E-state index is 0.00786. The predicted octanol–water partition coefficient (Wildman–Crippen LogP) is 3.05. The van der Waals surface area contributed by atoms with Crippen LogP contribution in [0.3, 0.4) is 0 Å². The Balaban J connectivity index is 1.69. The van der Waals surface area contributed by atoms with Crippen molar-refractivity contribution in [3.63, 3.8) is 0 Å². The fourth-order valence-electron chi connectivity index (χ4n) is 2.54. The summed E-state index contributed by atoms with van der Waals surface area (Å²) in [5.41, 5.74) is 1.38. The van der Waals surface area contributed by atoms with Crippen molar-refractivity contribution in [1.29, 1.82) is 0 Å². The van der Waals surface area contributed by atoms with Gasteiger partial charge in [0.05, 0.1) is 11.7 Å². The Hall–Kier alpha value is -1.40. The van der Waals surface area contributed by atoms with Crippen LogP contribution in [0.1, 0.15) is 46.5 Å². The first-order valence-electron chi connectivity index (χ1n) is 7.76. The van der Waals surface area contributed by atoms with Gasteiger partial charge in [0.2, 0.25) is 5.91 Å². The van der Waals surface area contributed by atoms with E-state index in [1.54, 1.807) is 0 Å². The number of hydrogen-bond donors (Lipinski definition) is 1. The molecule has 1 aromatic heterocycles. The van der Waals surface area contributed by atoms with Gasteiger partial charge in [-0.15, -0.1) is 11.3 Å². The summed E-state index contributed by atoms with van der Waals surface area (Å²) in [5, 5.41) is 3.51. The van der Waals surface area contributed by atoms with Crippen molar-refractivity contribution in [2.75, 3.05) is 18.5 Å². The van der Waals surface area contributed by atoms with E-state index >= 15 is 0 Å². The molecule has 1 aliphatic heterocycles. The molecule has 0 unspecified atom stereocenters. The van der Waals surface area contributed by atoms with Crippen LogP contribution < -0.4 is 5.32 Å². The zero-order valence-electron chi connectivity index (χ0n) is 12.9. The van der Waals surface area contributed by atoms with Gasteiger partial charge in [-0.05, 0) is 45.1 Å². The van der Waals surface area contributed by atoms with Crippen LogP contribution in [0, 0.1) is 19.8 Å². The van der Waals surface area contributed by atoms with Gasteiger partial charge in [0, 0.05) is 17.4 Å². The molecular formula is C16H21NO4S. The number of anilines is 1. The standard InChI is InChI=1S/C16H21NO4S/c1-9-10(2)22-15(17-14(18)11-5-6-11)13(9)16(19)21-8-12-4-3-7-20-12/h11-12H,3-8H2,1-2H3,(H,17,18)/t12-/m0/s1. The highest BCUT2D eigenvalue weighted by molar-refractivity contribution is 7.16. The number of hydrogen-bond acceptors (Lipinski definition) is 5. The summed E-state index contributed by atoms with van der Waals surface area (Å²) in [7, 11) is 0. The van der Waals surface area contributed by atoms with Crippen LogP contribution in [-0.4, -0.2) is 31.2 Å². The third-order valence-electron chi connectivity index (χ3n) is 4.20. The summed E-state index contributed by atoms with van der Waals surface area (Å²) in [4.78, 5) is 25.4. The largest absolute Gasteiger partial charge is 0.459 e. The first kappa shape index (κ1) is 15.5. The summed E-state index contributed by atoms with van der Waals surface area (Å²) in [6.45, 7) is 4.86. The summed E-state index contributed by atoms with van der Waals surface area (Å²) >= 11 is 1.44. The summed E-state index contributed by atoms with van der Waals surface area (Å²) < 4.78 is 10.9. The quantitative estimate of drug-likeness (QED) is 0.846. The van der Waals surface area contributed by atoms with Crippen molar-refractivity contribution in [1.82, 2.24) is 0 Å². The Kier molecular flexibility index (Phi) is 4.49. The number of nitrogens with one attached hydrogen (secondary N) is 1. The van der Waals surface area contributed by atoms with Crippen molar-refractivity contribution in [3.8, 4) is 0 Å². The molecule has 0 aromatic carbocycles. The summed E-state index contributed by atoms with van der Waals surface area (Å²) in [6, 6.07) is 0. The molecule has 1 N–H and O–H groups in total. The monoisotopic (exact) mass is 323 g/mol. The molecule has 3 rings (SSSR count). The molecule has 2 aliphatic rings. The fraction of sp³-hybridized carbons (Fsp3) is 0.625. The first-order valence-corrected chi connectivity index (χ1v) is 8.57. The lowest BCUT2D eigenvalue weighted by molar-refractivity contribution is -0.117. The topological polar surface area (TPSA) is 64.6 Å². The normalized spacial score (nSPS) is 20.9. The van der Waals surface area contributed by atoms with Crippen molar-refractivity contribution < 1.29 is 19.1 Å². The van der Waals surface area contributed by atoms with E-state index in [0.29, 0.717) is 10.6 Å². The number of thiophene rings is 1. The number of carbonyl (C=O) groups excluding carboxylic acids is 2. The van der Waals surface area contributed by atoms with Gasteiger partial charge < -0.3 is 14.8 Å². The minimum atomic E-state index is -0.372. The number of rotatable bonds is 5. The fourth-order valence-corrected chi connectivity index (χ4v) is 3.59. The maximum absolute atomic E-state index is 12.4. The van der Waals surface area contributed by atoms with Gasteiger partial charge in [-0.2, -0.15) is 0 Å². The Bertz CT molecular complexity index is 585. The van der Waals surface area contributed by atoms with E-state index in [9.17, 15) is 9.59 Å². The lowest BCUT2D eigenvalue weighted by Gasteiger charge is -2.11. The molecule has 1 saturated heterocycles. The maximum atomic E-state index is 12.4. The first-order chi connectivity index (χ1) is 10.6. The average Bonchev–Trinajstić information content (AvgIpc) is 3.14. The van der Waals surface area contributed by atoms with E-state index in [0.717, 1.165) is 42.7 Å². The molecule has 1 saturated carbocycles. The molecule has 6 heteroatoms. The second-order valence-electron chi connectivity index (χ2n) is 5.98. The average molecular weight is 323 g/mol. The summed E-state index contributed by atoms with van der Waals surface area (Å²) in [6.07, 6.45) is 3.83.